The lowest BCUT2D eigenvalue weighted by atomic mass is 10.1. The summed E-state index contributed by atoms with van der Waals surface area (Å²) >= 11 is 0. The Morgan fingerprint density at radius 1 is 1.36 bits per heavy atom. The Morgan fingerprint density at radius 2 is 2.09 bits per heavy atom. The average Bonchev–Trinajstić information content (AvgIpc) is 3.02. The van der Waals surface area contributed by atoms with Crippen molar-refractivity contribution in [1.82, 2.24) is 19.7 Å². The maximum atomic E-state index is 12.3. The number of hydrogen-bond donors (Lipinski definition) is 1. The summed E-state index contributed by atoms with van der Waals surface area (Å²) in [6.07, 6.45) is 3.90. The first kappa shape index (κ1) is 16.3. The molecule has 2 aromatic heterocycles. The molecule has 2 aromatic rings. The van der Waals surface area contributed by atoms with Crippen molar-refractivity contribution in [2.24, 2.45) is 7.05 Å². The second kappa shape index (κ2) is 6.81. The summed E-state index contributed by atoms with van der Waals surface area (Å²) < 4.78 is 3.99. The van der Waals surface area contributed by atoms with Gasteiger partial charge >= 0.3 is 0 Å². The fraction of sp³-hybridized carbons (Fsp3) is 0.529. The topological polar surface area (TPSA) is 51.9 Å². The van der Waals surface area contributed by atoms with E-state index in [-0.39, 0.29) is 18.0 Å². The predicted molar refractivity (Wildman–Crippen MR) is 88.0 cm³/mol. The third-order valence-electron chi connectivity index (χ3n) is 3.91. The minimum absolute atomic E-state index is 0.0955. The van der Waals surface area contributed by atoms with Crippen molar-refractivity contribution in [3.05, 3.63) is 41.5 Å². The van der Waals surface area contributed by atoms with E-state index in [1.807, 2.05) is 43.9 Å². The van der Waals surface area contributed by atoms with E-state index in [1.165, 1.54) is 5.69 Å². The van der Waals surface area contributed by atoms with Gasteiger partial charge in [-0.3, -0.25) is 9.48 Å². The van der Waals surface area contributed by atoms with Gasteiger partial charge in [-0.15, -0.1) is 0 Å². The monoisotopic (exact) mass is 302 g/mol. The summed E-state index contributed by atoms with van der Waals surface area (Å²) in [5.41, 5.74) is 2.79. The van der Waals surface area contributed by atoms with Gasteiger partial charge in [-0.2, -0.15) is 5.10 Å². The van der Waals surface area contributed by atoms with E-state index in [4.69, 9.17) is 0 Å². The maximum absolute atomic E-state index is 12.3. The standard InChI is InChI=1S/C17H26N4O/c1-12(2)21-14(4)11-16(19-21)17(22)18-13(3)8-9-15-7-6-10-20(15)5/h6-7,10-13H,8-9H2,1-5H3,(H,18,22). The van der Waals surface area contributed by atoms with E-state index in [1.54, 1.807) is 0 Å². The van der Waals surface area contributed by atoms with Crippen LogP contribution in [-0.2, 0) is 13.5 Å². The number of nitrogens with one attached hydrogen (secondary N) is 1. The molecule has 1 atom stereocenters. The van der Waals surface area contributed by atoms with E-state index >= 15 is 0 Å². The first-order chi connectivity index (χ1) is 10.4. The molecule has 1 unspecified atom stereocenters. The largest absolute Gasteiger partial charge is 0.354 e. The molecule has 0 spiro atoms. The SMILES string of the molecule is Cc1cc(C(=O)NC(C)CCc2cccn2C)nn1C(C)C. The second-order valence-corrected chi connectivity index (χ2v) is 6.23. The van der Waals surface area contributed by atoms with Crippen LogP contribution in [0.3, 0.4) is 0 Å². The van der Waals surface area contributed by atoms with Crippen molar-refractivity contribution < 1.29 is 4.79 Å². The van der Waals surface area contributed by atoms with E-state index in [0.29, 0.717) is 5.69 Å². The van der Waals surface area contributed by atoms with Gasteiger partial charge in [0.25, 0.3) is 5.91 Å². The smallest absolute Gasteiger partial charge is 0.271 e. The molecule has 0 radical (unpaired) electrons. The lowest BCUT2D eigenvalue weighted by Gasteiger charge is -2.13. The number of carbonyl (C=O) groups is 1. The van der Waals surface area contributed by atoms with Gasteiger partial charge in [-0.1, -0.05) is 0 Å². The lowest BCUT2D eigenvalue weighted by molar-refractivity contribution is 0.0932. The van der Waals surface area contributed by atoms with Crippen LogP contribution in [0.15, 0.2) is 24.4 Å². The molecule has 1 N–H and O–H groups in total. The van der Waals surface area contributed by atoms with Gasteiger partial charge in [0, 0.05) is 36.7 Å². The summed E-state index contributed by atoms with van der Waals surface area (Å²) in [5.74, 6) is -0.0955. The molecular formula is C17H26N4O. The number of aromatic nitrogens is 3. The molecular weight excluding hydrogens is 276 g/mol. The predicted octanol–water partition coefficient (Wildman–Crippen LogP) is 2.86. The normalized spacial score (nSPS) is 12.6. The van der Waals surface area contributed by atoms with Gasteiger partial charge in [-0.05, 0) is 58.7 Å². The Balaban J connectivity index is 1.91. The van der Waals surface area contributed by atoms with E-state index < -0.39 is 0 Å². The van der Waals surface area contributed by atoms with Crippen LogP contribution < -0.4 is 5.32 Å². The Kier molecular flexibility index (Phi) is 5.06. The third kappa shape index (κ3) is 3.78. The first-order valence-electron chi connectivity index (χ1n) is 7.85. The zero-order valence-corrected chi connectivity index (χ0v) is 14.1. The van der Waals surface area contributed by atoms with Crippen LogP contribution in [0.4, 0.5) is 0 Å². The van der Waals surface area contributed by atoms with Crippen molar-refractivity contribution >= 4 is 5.91 Å². The molecule has 1 amide bonds. The summed E-state index contributed by atoms with van der Waals surface area (Å²) in [4.78, 5) is 12.3. The average molecular weight is 302 g/mol. The van der Waals surface area contributed by atoms with Gasteiger partial charge in [0.2, 0.25) is 0 Å². The van der Waals surface area contributed by atoms with Crippen LogP contribution in [0.5, 0.6) is 0 Å². The second-order valence-electron chi connectivity index (χ2n) is 6.23. The number of aryl methyl sites for hydroxylation is 3. The number of carbonyl (C=O) groups excluding carboxylic acids is 1. The van der Waals surface area contributed by atoms with Crippen LogP contribution in [0, 0.1) is 6.92 Å². The third-order valence-corrected chi connectivity index (χ3v) is 3.91. The summed E-state index contributed by atoms with van der Waals surface area (Å²) in [7, 11) is 2.04. The molecule has 0 saturated heterocycles. The first-order valence-corrected chi connectivity index (χ1v) is 7.85. The molecule has 2 heterocycles. The van der Waals surface area contributed by atoms with Crippen molar-refractivity contribution in [1.29, 1.82) is 0 Å². The van der Waals surface area contributed by atoms with Crippen molar-refractivity contribution in [3.63, 3.8) is 0 Å². The molecule has 120 valence electrons. The van der Waals surface area contributed by atoms with Crippen LogP contribution in [-0.4, -0.2) is 26.3 Å². The minimum Gasteiger partial charge on any atom is -0.354 e. The number of nitrogens with zero attached hydrogens (tertiary/aromatic N) is 3. The Morgan fingerprint density at radius 3 is 2.64 bits per heavy atom. The molecule has 22 heavy (non-hydrogen) atoms. The lowest BCUT2D eigenvalue weighted by Crippen LogP contribution is -2.33. The van der Waals surface area contributed by atoms with Gasteiger partial charge in [0.1, 0.15) is 5.69 Å². The molecule has 0 fully saturated rings. The highest BCUT2D eigenvalue weighted by Gasteiger charge is 2.15. The van der Waals surface area contributed by atoms with E-state index in [9.17, 15) is 4.79 Å². The van der Waals surface area contributed by atoms with Crippen molar-refractivity contribution in [2.45, 2.75) is 52.6 Å². The number of amides is 1. The summed E-state index contributed by atoms with van der Waals surface area (Å²) in [5, 5.41) is 7.42. The molecule has 0 aliphatic heterocycles. The quantitative estimate of drug-likeness (QED) is 0.892. The Hall–Kier alpha value is -2.04. The highest BCUT2D eigenvalue weighted by Crippen LogP contribution is 2.11. The van der Waals surface area contributed by atoms with Gasteiger partial charge in [0.15, 0.2) is 0 Å². The highest BCUT2D eigenvalue weighted by molar-refractivity contribution is 5.92. The van der Waals surface area contributed by atoms with Crippen molar-refractivity contribution in [2.75, 3.05) is 0 Å². The van der Waals surface area contributed by atoms with Crippen LogP contribution >= 0.6 is 0 Å². The molecule has 5 heteroatoms. The number of rotatable bonds is 6. The Labute approximate surface area is 132 Å². The zero-order valence-electron chi connectivity index (χ0n) is 14.1. The van der Waals surface area contributed by atoms with Crippen LogP contribution in [0.1, 0.15) is 55.1 Å². The van der Waals surface area contributed by atoms with E-state index in [0.717, 1.165) is 18.5 Å². The number of hydrogen-bond acceptors (Lipinski definition) is 2. The fourth-order valence-electron chi connectivity index (χ4n) is 2.61. The van der Waals surface area contributed by atoms with Gasteiger partial charge < -0.3 is 9.88 Å². The minimum atomic E-state index is -0.0955. The molecule has 0 aromatic carbocycles. The molecule has 0 aliphatic carbocycles. The molecule has 0 saturated carbocycles. The summed E-state index contributed by atoms with van der Waals surface area (Å²) in [6.45, 7) is 8.13. The van der Waals surface area contributed by atoms with Gasteiger partial charge in [0.05, 0.1) is 0 Å². The molecule has 2 rings (SSSR count). The van der Waals surface area contributed by atoms with Crippen molar-refractivity contribution in [3.8, 4) is 0 Å². The fourth-order valence-corrected chi connectivity index (χ4v) is 2.61. The van der Waals surface area contributed by atoms with Gasteiger partial charge in [-0.25, -0.2) is 0 Å². The van der Waals surface area contributed by atoms with Crippen LogP contribution in [0.25, 0.3) is 0 Å². The maximum Gasteiger partial charge on any atom is 0.271 e. The summed E-state index contributed by atoms with van der Waals surface area (Å²) in [6, 6.07) is 6.38. The van der Waals surface area contributed by atoms with Crippen LogP contribution in [0.2, 0.25) is 0 Å². The molecule has 0 aliphatic rings. The molecule has 0 bridgehead atoms. The Bertz CT molecular complexity index is 639. The van der Waals surface area contributed by atoms with E-state index in [2.05, 4.69) is 34.9 Å². The zero-order chi connectivity index (χ0) is 16.3. The highest BCUT2D eigenvalue weighted by atomic mass is 16.2. The molecule has 5 nitrogen and oxygen atoms in total.